The number of alkyl halides is 3. The second-order valence-corrected chi connectivity index (χ2v) is 8.46. The molecule has 2 aromatic carbocycles. The summed E-state index contributed by atoms with van der Waals surface area (Å²) in [5.41, 5.74) is -2.75. The summed E-state index contributed by atoms with van der Waals surface area (Å²) in [7, 11) is 0. The van der Waals surface area contributed by atoms with Crippen LogP contribution in [0.15, 0.2) is 52.3 Å². The van der Waals surface area contributed by atoms with E-state index in [2.05, 4.69) is 0 Å². The van der Waals surface area contributed by atoms with Crippen molar-refractivity contribution in [3.63, 3.8) is 0 Å². The second-order valence-electron chi connectivity index (χ2n) is 6.91. The molecule has 0 bridgehead atoms. The average Bonchev–Trinajstić information content (AvgIpc) is 3.09. The maximum Gasteiger partial charge on any atom is 0.426 e. The van der Waals surface area contributed by atoms with E-state index < -0.39 is 17.7 Å². The van der Waals surface area contributed by atoms with Gasteiger partial charge < -0.3 is 15.3 Å². The second kappa shape index (κ2) is 8.49. The maximum atomic E-state index is 12.8. The first-order valence-corrected chi connectivity index (χ1v) is 10.2. The third kappa shape index (κ3) is 4.74. The van der Waals surface area contributed by atoms with Gasteiger partial charge in [-0.1, -0.05) is 23.4 Å². The molecule has 1 unspecified atom stereocenters. The Morgan fingerprint density at radius 1 is 1.17 bits per heavy atom. The fourth-order valence-corrected chi connectivity index (χ4v) is 3.93. The Balaban J connectivity index is 1.68. The van der Waals surface area contributed by atoms with Crippen LogP contribution in [0.1, 0.15) is 19.8 Å². The van der Waals surface area contributed by atoms with E-state index in [0.29, 0.717) is 24.8 Å². The monoisotopic (exact) mass is 458 g/mol. The molecule has 1 aliphatic rings. The number of carbonyl (C=O) groups excluding carboxylic acids is 2. The summed E-state index contributed by atoms with van der Waals surface area (Å²) in [6, 6.07) is 11.9. The molecule has 2 aromatic rings. The average molecular weight is 459 g/mol. The van der Waals surface area contributed by atoms with Crippen LogP contribution in [-0.2, 0) is 9.59 Å². The first-order valence-electron chi connectivity index (χ1n) is 8.97. The van der Waals surface area contributed by atoms with Crippen molar-refractivity contribution in [1.29, 1.82) is 0 Å². The molecule has 1 heterocycles. The van der Waals surface area contributed by atoms with Gasteiger partial charge in [0.25, 0.3) is 5.91 Å². The van der Waals surface area contributed by atoms with Crippen LogP contribution in [0.25, 0.3) is 0 Å². The molecule has 0 spiro atoms. The smallest absolute Gasteiger partial charge is 0.373 e. The molecular formula is C20H18ClF3N2O3S. The van der Waals surface area contributed by atoms with E-state index in [1.807, 2.05) is 29.6 Å². The molecule has 2 amide bonds. The van der Waals surface area contributed by atoms with Crippen LogP contribution < -0.4 is 10.2 Å². The predicted octanol–water partition coefficient (Wildman–Crippen LogP) is 4.87. The van der Waals surface area contributed by atoms with Gasteiger partial charge in [-0.25, -0.2) is 0 Å². The minimum atomic E-state index is -5.12. The lowest BCUT2D eigenvalue weighted by atomic mass is 10.1. The summed E-state index contributed by atoms with van der Waals surface area (Å²) in [5.74, 6) is -1.52. The lowest BCUT2D eigenvalue weighted by Crippen LogP contribution is -2.52. The van der Waals surface area contributed by atoms with Gasteiger partial charge in [-0.3, -0.25) is 9.59 Å². The summed E-state index contributed by atoms with van der Waals surface area (Å²) < 4.78 is 38.3. The van der Waals surface area contributed by atoms with Crippen molar-refractivity contribution < 1.29 is 27.9 Å². The van der Waals surface area contributed by atoms with Crippen molar-refractivity contribution in [1.82, 2.24) is 0 Å². The Hall–Kier alpha value is -2.23. The van der Waals surface area contributed by atoms with E-state index >= 15 is 0 Å². The largest absolute Gasteiger partial charge is 0.426 e. The normalized spacial score (nSPS) is 16.5. The topological polar surface area (TPSA) is 69.6 Å². The molecule has 1 atom stereocenters. The van der Waals surface area contributed by atoms with E-state index in [1.54, 1.807) is 11.0 Å². The molecule has 2 N–H and O–H groups in total. The Labute approximate surface area is 180 Å². The molecule has 10 heteroatoms. The lowest BCUT2D eigenvalue weighted by Gasteiger charge is -2.25. The Morgan fingerprint density at radius 3 is 2.33 bits per heavy atom. The SMILES string of the molecule is CC(O)(C(=O)Nc1ccc(Sc2ccc(N3CCCC3=O)cc2)cc1Cl)C(F)(F)F. The van der Waals surface area contributed by atoms with Gasteiger partial charge in [0.15, 0.2) is 0 Å². The first-order chi connectivity index (χ1) is 14.0. The minimum absolute atomic E-state index is 0.0330. The maximum absolute atomic E-state index is 12.8. The zero-order valence-electron chi connectivity index (χ0n) is 15.8. The highest BCUT2D eigenvalue weighted by atomic mass is 35.5. The highest BCUT2D eigenvalue weighted by Crippen LogP contribution is 2.36. The van der Waals surface area contributed by atoms with Crippen LogP contribution in [0.3, 0.4) is 0 Å². The molecule has 160 valence electrons. The van der Waals surface area contributed by atoms with Gasteiger partial charge in [0, 0.05) is 28.4 Å². The number of amides is 2. The van der Waals surface area contributed by atoms with Crippen molar-refractivity contribution in [3.05, 3.63) is 47.5 Å². The van der Waals surface area contributed by atoms with E-state index in [4.69, 9.17) is 11.6 Å². The fourth-order valence-electron chi connectivity index (χ4n) is 2.78. The number of anilines is 2. The van der Waals surface area contributed by atoms with Crippen molar-refractivity contribution >= 4 is 46.6 Å². The van der Waals surface area contributed by atoms with Crippen LogP contribution in [0.4, 0.5) is 24.5 Å². The molecule has 0 aromatic heterocycles. The van der Waals surface area contributed by atoms with Gasteiger partial charge in [0.05, 0.1) is 10.7 Å². The lowest BCUT2D eigenvalue weighted by molar-refractivity contribution is -0.242. The summed E-state index contributed by atoms with van der Waals surface area (Å²) in [4.78, 5) is 26.9. The van der Waals surface area contributed by atoms with E-state index in [-0.39, 0.29) is 16.6 Å². The standard InChI is InChI=1S/C20H18ClF3N2O3S/c1-19(29,20(22,23)24)18(28)25-16-9-8-14(11-15(16)21)30-13-6-4-12(5-7-13)26-10-2-3-17(26)27/h4-9,11,29H,2-3,10H2,1H3,(H,25,28). The van der Waals surface area contributed by atoms with Crippen LogP contribution >= 0.6 is 23.4 Å². The molecule has 1 fully saturated rings. The van der Waals surface area contributed by atoms with Crippen LogP contribution in [0.2, 0.25) is 5.02 Å². The van der Waals surface area contributed by atoms with Crippen molar-refractivity contribution in [2.24, 2.45) is 0 Å². The zero-order chi connectivity index (χ0) is 22.1. The molecule has 5 nitrogen and oxygen atoms in total. The Morgan fingerprint density at radius 2 is 1.80 bits per heavy atom. The molecule has 30 heavy (non-hydrogen) atoms. The molecule has 0 radical (unpaired) electrons. The predicted molar refractivity (Wildman–Crippen MR) is 109 cm³/mol. The van der Waals surface area contributed by atoms with E-state index in [0.717, 1.165) is 17.0 Å². The number of rotatable bonds is 5. The van der Waals surface area contributed by atoms with E-state index in [9.17, 15) is 27.9 Å². The van der Waals surface area contributed by atoms with Gasteiger partial charge in [-0.15, -0.1) is 0 Å². The fraction of sp³-hybridized carbons (Fsp3) is 0.300. The molecule has 0 aliphatic carbocycles. The highest BCUT2D eigenvalue weighted by Gasteiger charge is 2.55. The number of carbonyl (C=O) groups is 2. The van der Waals surface area contributed by atoms with Crippen molar-refractivity contribution in [2.75, 3.05) is 16.8 Å². The molecule has 1 aliphatic heterocycles. The third-order valence-electron chi connectivity index (χ3n) is 4.64. The molecule has 0 saturated carbocycles. The number of benzene rings is 2. The van der Waals surface area contributed by atoms with Gasteiger partial charge in [0.1, 0.15) is 0 Å². The van der Waals surface area contributed by atoms with Crippen LogP contribution in [0.5, 0.6) is 0 Å². The van der Waals surface area contributed by atoms with Crippen LogP contribution in [0, 0.1) is 0 Å². The Kier molecular flexibility index (Phi) is 6.35. The quantitative estimate of drug-likeness (QED) is 0.670. The number of halogens is 4. The molecular weight excluding hydrogens is 441 g/mol. The third-order valence-corrected chi connectivity index (χ3v) is 5.95. The number of nitrogens with one attached hydrogen (secondary N) is 1. The Bertz CT molecular complexity index is 965. The zero-order valence-corrected chi connectivity index (χ0v) is 17.4. The summed E-state index contributed by atoms with van der Waals surface area (Å²) >= 11 is 7.46. The van der Waals surface area contributed by atoms with E-state index in [1.165, 1.54) is 23.9 Å². The van der Waals surface area contributed by atoms with Gasteiger partial charge >= 0.3 is 6.18 Å². The highest BCUT2D eigenvalue weighted by molar-refractivity contribution is 7.99. The van der Waals surface area contributed by atoms with Gasteiger partial charge in [-0.05, 0) is 55.8 Å². The van der Waals surface area contributed by atoms with Crippen molar-refractivity contribution in [2.45, 2.75) is 41.3 Å². The minimum Gasteiger partial charge on any atom is -0.373 e. The number of nitrogens with zero attached hydrogens (tertiary/aromatic N) is 1. The number of hydrogen-bond acceptors (Lipinski definition) is 4. The molecule has 1 saturated heterocycles. The summed E-state index contributed by atoms with van der Waals surface area (Å²) in [6.07, 6.45) is -3.73. The number of aliphatic hydroxyl groups is 1. The summed E-state index contributed by atoms with van der Waals surface area (Å²) in [6.45, 7) is 1.08. The van der Waals surface area contributed by atoms with Gasteiger partial charge in [-0.2, -0.15) is 13.2 Å². The van der Waals surface area contributed by atoms with Gasteiger partial charge in [0.2, 0.25) is 11.5 Å². The molecule has 3 rings (SSSR count). The first kappa shape index (κ1) is 22.5. The van der Waals surface area contributed by atoms with Crippen LogP contribution in [-0.4, -0.2) is 35.2 Å². The number of hydrogen-bond donors (Lipinski definition) is 2. The summed E-state index contributed by atoms with van der Waals surface area (Å²) in [5, 5.41) is 11.5. The van der Waals surface area contributed by atoms with Crippen molar-refractivity contribution in [3.8, 4) is 0 Å².